The Morgan fingerprint density at radius 3 is 1.06 bits per heavy atom. The van der Waals surface area contributed by atoms with Gasteiger partial charge in [0.1, 0.15) is 0 Å². The van der Waals surface area contributed by atoms with Crippen LogP contribution in [0.25, 0.3) is 22.3 Å². The van der Waals surface area contributed by atoms with Gasteiger partial charge in [0.05, 0.1) is 11.2 Å². The second kappa shape index (κ2) is 12.5. The van der Waals surface area contributed by atoms with Crippen molar-refractivity contribution >= 4 is 12.6 Å². The Morgan fingerprint density at radius 1 is 0.387 bits per heavy atom. The van der Waals surface area contributed by atoms with Gasteiger partial charge in [-0.25, -0.2) is 0 Å². The highest BCUT2D eigenvalue weighted by Crippen LogP contribution is 2.75. The van der Waals surface area contributed by atoms with Gasteiger partial charge in [-0.15, -0.1) is 0 Å². The van der Waals surface area contributed by atoms with Crippen LogP contribution in [-0.4, -0.2) is 18.3 Å². The molecule has 6 aromatic rings. The molecule has 0 unspecified atom stereocenters. The monoisotopic (exact) mass is 810 g/mol. The molecule has 9 aliphatic carbocycles. The summed E-state index contributed by atoms with van der Waals surface area (Å²) in [6.07, 6.45) is 11.6. The second-order valence-corrected chi connectivity index (χ2v) is 22.9. The van der Waals surface area contributed by atoms with Crippen molar-refractivity contribution in [2.24, 2.45) is 5.92 Å². The van der Waals surface area contributed by atoms with Crippen molar-refractivity contribution in [2.45, 2.75) is 137 Å². The van der Waals surface area contributed by atoms with Crippen LogP contribution in [0.2, 0.25) is 0 Å². The third-order valence-electron chi connectivity index (χ3n) is 18.8. The van der Waals surface area contributed by atoms with Crippen LogP contribution in [-0.2, 0) is 36.4 Å². The van der Waals surface area contributed by atoms with Crippen LogP contribution in [0, 0.1) is 12.8 Å². The Bertz CT molecular complexity index is 2660. The van der Waals surface area contributed by atoms with Crippen LogP contribution in [0.4, 0.5) is 0 Å². The van der Waals surface area contributed by atoms with Gasteiger partial charge in [0.2, 0.25) is 0 Å². The zero-order valence-corrected chi connectivity index (χ0v) is 37.3. The van der Waals surface area contributed by atoms with Crippen LogP contribution in [0.3, 0.4) is 0 Å². The van der Waals surface area contributed by atoms with E-state index in [0.717, 1.165) is 11.4 Å². The molecule has 1 saturated heterocycles. The molecule has 0 aromatic heterocycles. The molecule has 16 rings (SSSR count). The Labute approximate surface area is 369 Å². The van der Waals surface area contributed by atoms with E-state index in [1.165, 1.54) is 108 Å². The summed E-state index contributed by atoms with van der Waals surface area (Å²) >= 11 is 0. The molecule has 0 radical (unpaired) electrons. The van der Waals surface area contributed by atoms with Crippen molar-refractivity contribution in [1.29, 1.82) is 0 Å². The Hall–Kier alpha value is -4.70. The summed E-state index contributed by atoms with van der Waals surface area (Å²) in [4.78, 5) is 0. The summed E-state index contributed by atoms with van der Waals surface area (Å²) in [6.45, 7) is 10.7. The first-order valence-corrected chi connectivity index (χ1v) is 23.7. The van der Waals surface area contributed by atoms with Gasteiger partial charge in [-0.3, -0.25) is 0 Å². The first-order valence-electron chi connectivity index (χ1n) is 23.7. The zero-order chi connectivity index (χ0) is 41.9. The molecule has 1 heterocycles. The summed E-state index contributed by atoms with van der Waals surface area (Å²) in [5, 5.41) is 0. The summed E-state index contributed by atoms with van der Waals surface area (Å²) in [5.74, 6) is 1.41. The summed E-state index contributed by atoms with van der Waals surface area (Å²) in [5.41, 5.74) is 18.2. The lowest BCUT2D eigenvalue weighted by Crippen LogP contribution is -2.67. The SMILES string of the molecule is Cc1ccc(C23CC(c4ccc(-c5ccc(C67CC(c8ccc(-c9ccc(C%10%11CC(C%10)[C@@H](c%10ccc(B%12OC(C)(C)C(C)(C)O%12)cc%10)C%11)cc9)cc8)(C6)C7)cc5)cc4)(C2)C3)cc1. The van der Waals surface area contributed by atoms with Gasteiger partial charge in [0, 0.05) is 0 Å². The lowest BCUT2D eigenvalue weighted by molar-refractivity contribution is -0.0694. The van der Waals surface area contributed by atoms with Gasteiger partial charge in [0.15, 0.2) is 0 Å². The standard InChI is InChI=1S/C59H59BO2/c1-39-6-18-47(19-7-39)56-33-57(34-56,35-56)48-24-12-42(13-25-48)43-14-26-50(27-15-43)59-36-58(37-59,38-59)49-22-10-41(11-23-49)40-8-20-46(21-9-40)55-30-45(31-55)52(32-55)44-16-28-51(29-17-44)60-61-53(2,3)54(4,5)62-60/h6-29,45,52H,30-38H2,1-5H3/t45?,52-,55?,56?,57?,58?,59?/m1/s1. The highest BCUT2D eigenvalue weighted by atomic mass is 16.7. The second-order valence-electron chi connectivity index (χ2n) is 22.9. The number of aryl methyl sites for hydroxylation is 1. The summed E-state index contributed by atoms with van der Waals surface area (Å²) in [7, 11) is -0.298. The van der Waals surface area contributed by atoms with Gasteiger partial charge < -0.3 is 9.31 Å². The average molecular weight is 811 g/mol. The van der Waals surface area contributed by atoms with Gasteiger partial charge in [-0.1, -0.05) is 151 Å². The first kappa shape index (κ1) is 37.8. The van der Waals surface area contributed by atoms with Crippen molar-refractivity contribution in [2.75, 3.05) is 0 Å². The maximum Gasteiger partial charge on any atom is 0.494 e. The maximum atomic E-state index is 6.32. The molecule has 6 aromatic carbocycles. The first-order chi connectivity index (χ1) is 29.8. The molecule has 62 heavy (non-hydrogen) atoms. The maximum absolute atomic E-state index is 6.32. The van der Waals surface area contributed by atoms with Crippen LogP contribution in [0.15, 0.2) is 146 Å². The van der Waals surface area contributed by atoms with Gasteiger partial charge in [0.25, 0.3) is 0 Å². The number of hydrogen-bond acceptors (Lipinski definition) is 2. The Kier molecular flexibility index (Phi) is 7.63. The molecule has 9 saturated carbocycles. The van der Waals surface area contributed by atoms with Crippen molar-refractivity contribution in [1.82, 2.24) is 0 Å². The number of rotatable bonds is 9. The quantitative estimate of drug-likeness (QED) is 0.135. The predicted octanol–water partition coefficient (Wildman–Crippen LogP) is 13.2. The normalized spacial score (nSPS) is 33.7. The minimum atomic E-state index is -0.318. The van der Waals surface area contributed by atoms with Crippen LogP contribution in [0.1, 0.15) is 130 Å². The number of fused-ring (bicyclic) bond motifs is 1. The molecule has 1 atom stereocenters. The van der Waals surface area contributed by atoms with E-state index >= 15 is 0 Å². The molecular formula is C59H59BO2. The highest BCUT2D eigenvalue weighted by Gasteiger charge is 2.69. The zero-order valence-electron chi connectivity index (χ0n) is 37.3. The fourth-order valence-electron chi connectivity index (χ4n) is 14.4. The smallest absolute Gasteiger partial charge is 0.399 e. The largest absolute Gasteiger partial charge is 0.494 e. The van der Waals surface area contributed by atoms with Gasteiger partial charge in [-0.2, -0.15) is 0 Å². The van der Waals surface area contributed by atoms with E-state index in [4.69, 9.17) is 9.31 Å². The van der Waals surface area contributed by atoms with Crippen LogP contribution >= 0.6 is 0 Å². The average Bonchev–Trinajstić information content (AvgIpc) is 3.85. The fraction of sp³-hybridized carbons (Fsp3) is 0.390. The third kappa shape index (κ3) is 5.31. The lowest BCUT2D eigenvalue weighted by atomic mass is 9.32. The molecule has 0 amide bonds. The van der Waals surface area contributed by atoms with E-state index in [2.05, 4.69) is 180 Å². The predicted molar refractivity (Wildman–Crippen MR) is 253 cm³/mol. The molecule has 310 valence electrons. The molecule has 6 bridgehead atoms. The van der Waals surface area contributed by atoms with Gasteiger partial charge >= 0.3 is 7.12 Å². The van der Waals surface area contributed by atoms with Crippen molar-refractivity contribution in [3.8, 4) is 22.3 Å². The molecule has 1 aliphatic heterocycles. The minimum absolute atomic E-state index is 0.298. The fourth-order valence-corrected chi connectivity index (χ4v) is 14.4. The van der Waals surface area contributed by atoms with Crippen molar-refractivity contribution in [3.63, 3.8) is 0 Å². The van der Waals surface area contributed by atoms with Crippen molar-refractivity contribution in [3.05, 3.63) is 185 Å². The topological polar surface area (TPSA) is 18.5 Å². The van der Waals surface area contributed by atoms with Crippen molar-refractivity contribution < 1.29 is 9.31 Å². The van der Waals surface area contributed by atoms with E-state index in [1.54, 1.807) is 11.1 Å². The Morgan fingerprint density at radius 2 is 0.710 bits per heavy atom. The summed E-state index contributed by atoms with van der Waals surface area (Å²) < 4.78 is 12.6. The number of benzene rings is 6. The van der Waals surface area contributed by atoms with Crippen LogP contribution in [0.5, 0.6) is 0 Å². The molecule has 10 fully saturated rings. The lowest BCUT2D eigenvalue weighted by Gasteiger charge is -2.71. The molecule has 3 heteroatoms. The number of hydrogen-bond donors (Lipinski definition) is 0. The molecule has 10 aliphatic rings. The van der Waals surface area contributed by atoms with E-state index in [9.17, 15) is 0 Å². The molecule has 0 spiro atoms. The Balaban J connectivity index is 0.617. The molecule has 0 N–H and O–H groups in total. The highest BCUT2D eigenvalue weighted by molar-refractivity contribution is 6.62. The molecular weight excluding hydrogens is 751 g/mol. The van der Waals surface area contributed by atoms with Gasteiger partial charge in [-0.05, 0) is 192 Å². The minimum Gasteiger partial charge on any atom is -0.399 e. The third-order valence-corrected chi connectivity index (χ3v) is 18.8. The molecule has 2 nitrogen and oxygen atoms in total. The van der Waals surface area contributed by atoms with E-state index in [1.807, 2.05) is 0 Å². The summed E-state index contributed by atoms with van der Waals surface area (Å²) in [6, 6.07) is 56.9. The van der Waals surface area contributed by atoms with E-state index in [0.29, 0.717) is 33.0 Å². The van der Waals surface area contributed by atoms with Crippen LogP contribution < -0.4 is 5.46 Å². The van der Waals surface area contributed by atoms with E-state index in [-0.39, 0.29) is 18.3 Å². The van der Waals surface area contributed by atoms with E-state index < -0.39 is 0 Å².